The van der Waals surface area contributed by atoms with Crippen LogP contribution >= 0.6 is 0 Å². The highest BCUT2D eigenvalue weighted by atomic mass is 16.1. The summed E-state index contributed by atoms with van der Waals surface area (Å²) in [7, 11) is 1.88. The van der Waals surface area contributed by atoms with Crippen molar-refractivity contribution in [3.8, 4) is 0 Å². The number of hydrogen-bond acceptors (Lipinski definition) is 2. The molecule has 1 aliphatic carbocycles. The maximum absolute atomic E-state index is 11.2. The lowest BCUT2D eigenvalue weighted by Crippen LogP contribution is -2.34. The quantitative estimate of drug-likeness (QED) is 0.777. The predicted molar refractivity (Wildman–Crippen MR) is 66.1 cm³/mol. The Labute approximate surface area is 94.8 Å². The van der Waals surface area contributed by atoms with Gasteiger partial charge >= 0.3 is 0 Å². The van der Waals surface area contributed by atoms with Crippen molar-refractivity contribution in [3.63, 3.8) is 0 Å². The molecule has 0 bridgehead atoms. The average molecular weight is 213 g/mol. The molecule has 2 heteroatoms. The van der Waals surface area contributed by atoms with Crippen molar-refractivity contribution in [2.45, 2.75) is 65.3 Å². The summed E-state index contributed by atoms with van der Waals surface area (Å²) in [6.07, 6.45) is 7.81. The van der Waals surface area contributed by atoms with E-state index in [2.05, 4.69) is 5.32 Å². The lowest BCUT2D eigenvalue weighted by Gasteiger charge is -2.24. The van der Waals surface area contributed by atoms with Gasteiger partial charge in [0.2, 0.25) is 0 Å². The molecule has 0 radical (unpaired) electrons. The minimum atomic E-state index is 0.100. The zero-order chi connectivity index (χ0) is 11.7. The molecular formula is C13H27NO. The fourth-order valence-electron chi connectivity index (χ4n) is 2.24. The Morgan fingerprint density at radius 1 is 1.27 bits per heavy atom. The molecule has 90 valence electrons. The van der Waals surface area contributed by atoms with Crippen LogP contribution in [0.25, 0.3) is 0 Å². The van der Waals surface area contributed by atoms with Crippen LogP contribution in [0.2, 0.25) is 0 Å². The third-order valence-electron chi connectivity index (χ3n) is 3.13. The predicted octanol–water partition coefficient (Wildman–Crippen LogP) is 3.16. The molecule has 1 N–H and O–H groups in total. The Morgan fingerprint density at radius 2 is 1.80 bits per heavy atom. The number of rotatable bonds is 4. The van der Waals surface area contributed by atoms with Crippen LogP contribution in [0.15, 0.2) is 0 Å². The fourth-order valence-corrected chi connectivity index (χ4v) is 2.24. The van der Waals surface area contributed by atoms with E-state index in [0.717, 1.165) is 12.3 Å². The Balaban J connectivity index is 0.000000921. The molecule has 0 aromatic carbocycles. The number of carbonyl (C=O) groups excluding carboxylic acids is 1. The molecule has 1 saturated carbocycles. The van der Waals surface area contributed by atoms with Gasteiger partial charge in [0, 0.05) is 0 Å². The molecule has 2 nitrogen and oxygen atoms in total. The SMILES string of the molecule is CC.CNC(CC1CCCCC1)C(C)=O. The van der Waals surface area contributed by atoms with Gasteiger partial charge in [0.1, 0.15) is 5.78 Å². The van der Waals surface area contributed by atoms with Crippen molar-refractivity contribution in [1.29, 1.82) is 0 Å². The second kappa shape index (κ2) is 8.90. The topological polar surface area (TPSA) is 29.1 Å². The summed E-state index contributed by atoms with van der Waals surface area (Å²) >= 11 is 0. The fraction of sp³-hybridized carbons (Fsp3) is 0.923. The Kier molecular flexibility index (Phi) is 8.68. The van der Waals surface area contributed by atoms with Crippen molar-refractivity contribution in [2.75, 3.05) is 7.05 Å². The summed E-state index contributed by atoms with van der Waals surface area (Å²) in [5.74, 6) is 1.07. The maximum atomic E-state index is 11.2. The van der Waals surface area contributed by atoms with E-state index in [4.69, 9.17) is 0 Å². The van der Waals surface area contributed by atoms with Gasteiger partial charge in [-0.1, -0.05) is 46.0 Å². The average Bonchev–Trinajstić information content (AvgIpc) is 2.29. The van der Waals surface area contributed by atoms with Crippen molar-refractivity contribution in [3.05, 3.63) is 0 Å². The van der Waals surface area contributed by atoms with Crippen LogP contribution in [-0.2, 0) is 4.79 Å². The second-order valence-corrected chi connectivity index (χ2v) is 4.19. The Hall–Kier alpha value is -0.370. The second-order valence-electron chi connectivity index (χ2n) is 4.19. The van der Waals surface area contributed by atoms with Gasteiger partial charge in [0.15, 0.2) is 0 Å². The maximum Gasteiger partial charge on any atom is 0.146 e. The highest BCUT2D eigenvalue weighted by molar-refractivity contribution is 5.81. The normalized spacial score (nSPS) is 18.9. The summed E-state index contributed by atoms with van der Waals surface area (Å²) in [6.45, 7) is 5.68. The van der Waals surface area contributed by atoms with Crippen LogP contribution in [0.4, 0.5) is 0 Å². The van der Waals surface area contributed by atoms with E-state index in [1.807, 2.05) is 20.9 Å². The van der Waals surface area contributed by atoms with E-state index >= 15 is 0 Å². The first kappa shape index (κ1) is 14.6. The molecule has 0 amide bonds. The molecule has 1 rings (SSSR count). The van der Waals surface area contributed by atoms with Crippen molar-refractivity contribution in [1.82, 2.24) is 5.32 Å². The number of hydrogen-bond donors (Lipinski definition) is 1. The Bertz CT molecular complexity index is 162. The van der Waals surface area contributed by atoms with Gasteiger partial charge < -0.3 is 5.32 Å². The summed E-state index contributed by atoms with van der Waals surface area (Å²) < 4.78 is 0. The van der Waals surface area contributed by atoms with Gasteiger partial charge in [-0.3, -0.25) is 4.79 Å². The summed E-state index contributed by atoms with van der Waals surface area (Å²) in [5, 5.41) is 3.10. The molecule has 0 aromatic heterocycles. The number of nitrogens with one attached hydrogen (secondary N) is 1. The van der Waals surface area contributed by atoms with Crippen LogP contribution in [0, 0.1) is 5.92 Å². The lowest BCUT2D eigenvalue weighted by atomic mass is 9.84. The van der Waals surface area contributed by atoms with Gasteiger partial charge in [0.25, 0.3) is 0 Å². The van der Waals surface area contributed by atoms with Crippen molar-refractivity contribution in [2.24, 2.45) is 5.92 Å². The summed E-state index contributed by atoms with van der Waals surface area (Å²) in [4.78, 5) is 11.2. The van der Waals surface area contributed by atoms with E-state index < -0.39 is 0 Å². The zero-order valence-electron chi connectivity index (χ0n) is 10.8. The molecule has 0 saturated heterocycles. The van der Waals surface area contributed by atoms with Gasteiger partial charge in [-0.05, 0) is 26.3 Å². The first-order chi connectivity index (χ1) is 7.24. The number of carbonyl (C=O) groups is 1. The minimum Gasteiger partial charge on any atom is -0.311 e. The molecule has 1 fully saturated rings. The number of Topliss-reactive ketones (excluding diaryl/α,β-unsaturated/α-hetero) is 1. The van der Waals surface area contributed by atoms with Gasteiger partial charge in [0.05, 0.1) is 6.04 Å². The number of ketones is 1. The highest BCUT2D eigenvalue weighted by Gasteiger charge is 2.20. The van der Waals surface area contributed by atoms with Crippen LogP contribution in [0.5, 0.6) is 0 Å². The Morgan fingerprint density at radius 3 is 2.20 bits per heavy atom. The van der Waals surface area contributed by atoms with E-state index in [1.165, 1.54) is 32.1 Å². The number of likely N-dealkylation sites (N-methyl/N-ethyl adjacent to an activating group) is 1. The first-order valence-corrected chi connectivity index (χ1v) is 6.41. The van der Waals surface area contributed by atoms with E-state index in [-0.39, 0.29) is 11.8 Å². The minimum absolute atomic E-state index is 0.100. The zero-order valence-corrected chi connectivity index (χ0v) is 10.8. The van der Waals surface area contributed by atoms with E-state index in [9.17, 15) is 4.79 Å². The van der Waals surface area contributed by atoms with E-state index in [1.54, 1.807) is 6.92 Å². The molecule has 0 spiro atoms. The monoisotopic (exact) mass is 213 g/mol. The van der Waals surface area contributed by atoms with Crippen LogP contribution in [-0.4, -0.2) is 18.9 Å². The van der Waals surface area contributed by atoms with Gasteiger partial charge in [-0.15, -0.1) is 0 Å². The van der Waals surface area contributed by atoms with E-state index in [0.29, 0.717) is 0 Å². The largest absolute Gasteiger partial charge is 0.311 e. The molecule has 0 aromatic rings. The highest BCUT2D eigenvalue weighted by Crippen LogP contribution is 2.27. The molecular weight excluding hydrogens is 186 g/mol. The van der Waals surface area contributed by atoms with Gasteiger partial charge in [-0.25, -0.2) is 0 Å². The molecule has 1 atom stereocenters. The molecule has 1 unspecified atom stereocenters. The lowest BCUT2D eigenvalue weighted by molar-refractivity contribution is -0.119. The molecule has 1 aliphatic rings. The third-order valence-corrected chi connectivity index (χ3v) is 3.13. The molecule has 0 heterocycles. The third kappa shape index (κ3) is 5.93. The standard InChI is InChI=1S/C11H21NO.C2H6/c1-9(13)11(12-2)8-10-6-4-3-5-7-10;1-2/h10-12H,3-8H2,1-2H3;1-2H3. The first-order valence-electron chi connectivity index (χ1n) is 6.41. The summed E-state index contributed by atoms with van der Waals surface area (Å²) in [5.41, 5.74) is 0. The van der Waals surface area contributed by atoms with Crippen molar-refractivity contribution >= 4 is 5.78 Å². The molecule has 0 aliphatic heterocycles. The summed E-state index contributed by atoms with van der Waals surface area (Å²) in [6, 6.07) is 0.100. The van der Waals surface area contributed by atoms with Gasteiger partial charge in [-0.2, -0.15) is 0 Å². The van der Waals surface area contributed by atoms with Crippen molar-refractivity contribution < 1.29 is 4.79 Å². The van der Waals surface area contributed by atoms with Crippen LogP contribution < -0.4 is 5.32 Å². The van der Waals surface area contributed by atoms with Crippen LogP contribution in [0.3, 0.4) is 0 Å². The smallest absolute Gasteiger partial charge is 0.146 e. The molecule has 15 heavy (non-hydrogen) atoms. The van der Waals surface area contributed by atoms with Crippen LogP contribution in [0.1, 0.15) is 59.3 Å².